The monoisotopic (exact) mass is 238 g/mol. The molecule has 6 nitrogen and oxygen atoms in total. The third-order valence-electron chi connectivity index (χ3n) is 2.57. The molecule has 0 amide bonds. The summed E-state index contributed by atoms with van der Waals surface area (Å²) in [6, 6.07) is 14.2. The molecule has 3 aromatic rings. The lowest BCUT2D eigenvalue weighted by Gasteiger charge is -1.98. The minimum Gasteiger partial charge on any atom is -0.365 e. The van der Waals surface area contributed by atoms with Gasteiger partial charge in [-0.15, -0.1) is 0 Å². The van der Waals surface area contributed by atoms with E-state index in [0.29, 0.717) is 0 Å². The van der Waals surface area contributed by atoms with Gasteiger partial charge >= 0.3 is 0 Å². The fourth-order valence-corrected chi connectivity index (χ4v) is 1.68. The molecule has 1 heterocycles. The van der Waals surface area contributed by atoms with Gasteiger partial charge in [-0.1, -0.05) is 46.3 Å². The Balaban J connectivity index is 1.95. The summed E-state index contributed by atoms with van der Waals surface area (Å²) < 4.78 is 0. The predicted molar refractivity (Wildman–Crippen MR) is 69.2 cm³/mol. The van der Waals surface area contributed by atoms with Crippen LogP contribution in [0.2, 0.25) is 0 Å². The number of nitrogen functional groups attached to an aromatic ring is 1. The minimum atomic E-state index is 0.159. The second-order valence-electron chi connectivity index (χ2n) is 3.78. The van der Waals surface area contributed by atoms with Crippen molar-refractivity contribution in [1.82, 2.24) is 20.3 Å². The highest BCUT2D eigenvalue weighted by Crippen LogP contribution is 2.14. The molecule has 0 aliphatic heterocycles. The third kappa shape index (κ3) is 1.91. The van der Waals surface area contributed by atoms with Crippen molar-refractivity contribution < 1.29 is 0 Å². The summed E-state index contributed by atoms with van der Waals surface area (Å²) in [5.74, 6) is 0.159. The first-order valence-corrected chi connectivity index (χ1v) is 5.40. The Bertz CT molecular complexity index is 715. The Hall–Kier alpha value is -2.76. The average molecular weight is 238 g/mol. The van der Waals surface area contributed by atoms with E-state index < -0.39 is 0 Å². The van der Waals surface area contributed by atoms with Crippen LogP contribution in [0.1, 0.15) is 5.56 Å². The van der Waals surface area contributed by atoms with Crippen LogP contribution in [0.4, 0.5) is 5.95 Å². The zero-order valence-corrected chi connectivity index (χ0v) is 9.43. The first kappa shape index (κ1) is 10.4. The SMILES string of the molecule is Nc1nnnn1/N=C/c1ccc2ccccc2c1. The summed E-state index contributed by atoms with van der Waals surface area (Å²) in [5, 5.41) is 17.0. The van der Waals surface area contributed by atoms with Gasteiger partial charge < -0.3 is 5.73 Å². The predicted octanol–water partition coefficient (Wildman–Crippen LogP) is 1.29. The zero-order chi connectivity index (χ0) is 12.4. The van der Waals surface area contributed by atoms with E-state index in [-0.39, 0.29) is 5.95 Å². The minimum absolute atomic E-state index is 0.159. The van der Waals surface area contributed by atoms with E-state index in [0.717, 1.165) is 10.9 Å². The molecule has 2 aromatic carbocycles. The van der Waals surface area contributed by atoms with Crippen molar-refractivity contribution in [2.45, 2.75) is 0 Å². The van der Waals surface area contributed by atoms with Gasteiger partial charge in [-0.05, 0) is 32.8 Å². The van der Waals surface area contributed by atoms with E-state index in [2.05, 4.69) is 32.8 Å². The topological polar surface area (TPSA) is 82.0 Å². The third-order valence-corrected chi connectivity index (χ3v) is 2.57. The second-order valence-corrected chi connectivity index (χ2v) is 3.78. The van der Waals surface area contributed by atoms with E-state index >= 15 is 0 Å². The van der Waals surface area contributed by atoms with Crippen LogP contribution in [0.5, 0.6) is 0 Å². The lowest BCUT2D eigenvalue weighted by molar-refractivity contribution is 0.700. The van der Waals surface area contributed by atoms with E-state index in [1.807, 2.05) is 30.3 Å². The number of hydrogen-bond acceptors (Lipinski definition) is 5. The van der Waals surface area contributed by atoms with Crippen molar-refractivity contribution in [2.75, 3.05) is 5.73 Å². The van der Waals surface area contributed by atoms with Gasteiger partial charge in [-0.2, -0.15) is 5.10 Å². The fourth-order valence-electron chi connectivity index (χ4n) is 1.68. The van der Waals surface area contributed by atoms with Gasteiger partial charge in [0.1, 0.15) is 0 Å². The van der Waals surface area contributed by atoms with E-state index in [1.165, 1.54) is 10.2 Å². The van der Waals surface area contributed by atoms with E-state index in [9.17, 15) is 0 Å². The number of fused-ring (bicyclic) bond motifs is 1. The second kappa shape index (κ2) is 4.25. The lowest BCUT2D eigenvalue weighted by Crippen LogP contribution is -1.99. The molecule has 0 bridgehead atoms. The van der Waals surface area contributed by atoms with Gasteiger partial charge in [0.2, 0.25) is 0 Å². The van der Waals surface area contributed by atoms with Gasteiger partial charge in [-0.25, -0.2) is 0 Å². The maximum atomic E-state index is 5.51. The Morgan fingerprint density at radius 2 is 1.94 bits per heavy atom. The molecule has 0 saturated carbocycles. The van der Waals surface area contributed by atoms with Crippen molar-refractivity contribution in [1.29, 1.82) is 0 Å². The van der Waals surface area contributed by atoms with Gasteiger partial charge in [0.15, 0.2) is 0 Å². The summed E-state index contributed by atoms with van der Waals surface area (Å²) in [6.45, 7) is 0. The highest BCUT2D eigenvalue weighted by atomic mass is 15.7. The number of anilines is 1. The van der Waals surface area contributed by atoms with E-state index in [4.69, 9.17) is 5.73 Å². The van der Waals surface area contributed by atoms with Crippen LogP contribution in [-0.4, -0.2) is 26.5 Å². The quantitative estimate of drug-likeness (QED) is 0.682. The van der Waals surface area contributed by atoms with Crippen LogP contribution in [0.3, 0.4) is 0 Å². The van der Waals surface area contributed by atoms with Gasteiger partial charge in [0.05, 0.1) is 6.21 Å². The molecule has 2 N–H and O–H groups in total. The van der Waals surface area contributed by atoms with Crippen LogP contribution in [0, 0.1) is 0 Å². The lowest BCUT2D eigenvalue weighted by atomic mass is 10.1. The molecular formula is C12H10N6. The molecule has 0 spiro atoms. The molecule has 0 unspecified atom stereocenters. The van der Waals surface area contributed by atoms with Crippen molar-refractivity contribution >= 4 is 22.9 Å². The van der Waals surface area contributed by atoms with Crippen LogP contribution < -0.4 is 5.73 Å². The van der Waals surface area contributed by atoms with Gasteiger partial charge in [-0.3, -0.25) is 0 Å². The first-order valence-electron chi connectivity index (χ1n) is 5.40. The van der Waals surface area contributed by atoms with Crippen molar-refractivity contribution in [3.05, 3.63) is 48.0 Å². The molecule has 18 heavy (non-hydrogen) atoms. The maximum absolute atomic E-state index is 5.51. The Morgan fingerprint density at radius 1 is 1.11 bits per heavy atom. The molecule has 3 rings (SSSR count). The molecule has 1 aromatic heterocycles. The summed E-state index contributed by atoms with van der Waals surface area (Å²) in [7, 11) is 0. The molecule has 0 radical (unpaired) electrons. The zero-order valence-electron chi connectivity index (χ0n) is 9.43. The first-order chi connectivity index (χ1) is 8.83. The van der Waals surface area contributed by atoms with Crippen LogP contribution >= 0.6 is 0 Å². The largest absolute Gasteiger partial charge is 0.365 e. The van der Waals surface area contributed by atoms with Crippen LogP contribution in [-0.2, 0) is 0 Å². The maximum Gasteiger partial charge on any atom is 0.263 e. The number of benzene rings is 2. The summed E-state index contributed by atoms with van der Waals surface area (Å²) in [5.41, 5.74) is 6.47. The highest BCUT2D eigenvalue weighted by Gasteiger charge is 1.97. The number of nitrogens with two attached hydrogens (primary N) is 1. The number of tetrazole rings is 1. The van der Waals surface area contributed by atoms with E-state index in [1.54, 1.807) is 6.21 Å². The smallest absolute Gasteiger partial charge is 0.263 e. The molecule has 0 atom stereocenters. The standard InChI is InChI=1S/C12H10N6/c13-12-15-16-17-18(12)14-8-9-5-6-10-3-1-2-4-11(10)7-9/h1-8H,(H2,13,15,17)/b14-8+. The Labute approximate surface area is 103 Å². The molecule has 0 saturated heterocycles. The highest BCUT2D eigenvalue weighted by molar-refractivity contribution is 5.90. The van der Waals surface area contributed by atoms with Crippen molar-refractivity contribution in [3.63, 3.8) is 0 Å². The Kier molecular flexibility index (Phi) is 2.45. The number of rotatable bonds is 2. The molecule has 0 aliphatic rings. The summed E-state index contributed by atoms with van der Waals surface area (Å²) in [6.07, 6.45) is 1.67. The van der Waals surface area contributed by atoms with Gasteiger partial charge in [0.25, 0.3) is 5.95 Å². The van der Waals surface area contributed by atoms with Gasteiger partial charge in [0, 0.05) is 0 Å². The Morgan fingerprint density at radius 3 is 2.72 bits per heavy atom. The number of nitrogens with zero attached hydrogens (tertiary/aromatic N) is 5. The molecular weight excluding hydrogens is 228 g/mol. The molecule has 0 fully saturated rings. The fraction of sp³-hybridized carbons (Fsp3) is 0. The molecule has 6 heteroatoms. The average Bonchev–Trinajstić information content (AvgIpc) is 2.82. The van der Waals surface area contributed by atoms with Crippen molar-refractivity contribution in [3.8, 4) is 0 Å². The molecule has 88 valence electrons. The number of aromatic nitrogens is 4. The molecule has 0 aliphatic carbocycles. The number of hydrogen-bond donors (Lipinski definition) is 1. The summed E-state index contributed by atoms with van der Waals surface area (Å²) in [4.78, 5) is 1.18. The normalized spacial score (nSPS) is 11.3. The van der Waals surface area contributed by atoms with Crippen LogP contribution in [0.15, 0.2) is 47.6 Å². The van der Waals surface area contributed by atoms with Crippen molar-refractivity contribution in [2.24, 2.45) is 5.10 Å². The van der Waals surface area contributed by atoms with Crippen LogP contribution in [0.25, 0.3) is 10.8 Å². The summed E-state index contributed by atoms with van der Waals surface area (Å²) >= 11 is 0.